The molecule has 4 aromatic rings. The summed E-state index contributed by atoms with van der Waals surface area (Å²) in [5.74, 6) is 4.29. The van der Waals surface area contributed by atoms with Crippen LogP contribution in [0.25, 0.3) is 0 Å². The highest BCUT2D eigenvalue weighted by atomic mass is 35.5. The topological polar surface area (TPSA) is 51.7 Å². The van der Waals surface area contributed by atoms with E-state index in [1.807, 2.05) is 18.5 Å². The number of nitrogens with zero attached hydrogens (tertiary/aromatic N) is 10. The maximum Gasteiger partial charge on any atom is 0.146 e. The van der Waals surface area contributed by atoms with Crippen LogP contribution in [-0.2, 0) is 0 Å². The first-order valence-corrected chi connectivity index (χ1v) is 32.4. The van der Waals surface area contributed by atoms with Crippen LogP contribution in [0, 0.1) is 5.82 Å². The van der Waals surface area contributed by atoms with Crippen molar-refractivity contribution in [2.24, 2.45) is 0 Å². The molecular formula is C68H106ClFN10. The molecule has 12 heteroatoms. The average molecular weight is 1120 g/mol. The molecule has 10 nitrogen and oxygen atoms in total. The van der Waals surface area contributed by atoms with Crippen LogP contribution in [0.4, 0.5) is 27.4 Å². The quantitative estimate of drug-likeness (QED) is 0.137. The molecule has 9 heterocycles. The van der Waals surface area contributed by atoms with E-state index in [9.17, 15) is 4.39 Å². The van der Waals surface area contributed by atoms with E-state index < -0.39 is 0 Å². The third kappa shape index (κ3) is 17.3. The van der Waals surface area contributed by atoms with Crippen LogP contribution >= 0.6 is 11.6 Å². The fourth-order valence-electron chi connectivity index (χ4n) is 13.5. The van der Waals surface area contributed by atoms with Gasteiger partial charge in [-0.1, -0.05) is 91.3 Å². The molecule has 0 aliphatic carbocycles. The van der Waals surface area contributed by atoms with Crippen molar-refractivity contribution in [2.45, 2.75) is 193 Å². The van der Waals surface area contributed by atoms with Gasteiger partial charge in [0.05, 0.1) is 16.4 Å². The van der Waals surface area contributed by atoms with Gasteiger partial charge in [-0.2, -0.15) is 0 Å². The molecule has 0 atom stereocenters. The highest BCUT2D eigenvalue weighted by molar-refractivity contribution is 6.33. The maximum absolute atomic E-state index is 14.3. The lowest BCUT2D eigenvalue weighted by atomic mass is 10.0. The molecule has 80 heavy (non-hydrogen) atoms. The third-order valence-electron chi connectivity index (χ3n) is 19.0. The van der Waals surface area contributed by atoms with Crippen LogP contribution in [0.1, 0.15) is 191 Å². The largest absolute Gasteiger partial charge is 0.370 e. The van der Waals surface area contributed by atoms with Gasteiger partial charge in [0.1, 0.15) is 17.5 Å². The molecular weight excluding hydrogens is 1010 g/mol. The predicted molar refractivity (Wildman–Crippen MR) is 340 cm³/mol. The monoisotopic (exact) mass is 1120 g/mol. The third-order valence-corrected chi connectivity index (χ3v) is 19.3. The molecule has 7 saturated heterocycles. The van der Waals surface area contributed by atoms with Crippen LogP contribution in [-0.4, -0.2) is 159 Å². The van der Waals surface area contributed by atoms with Gasteiger partial charge >= 0.3 is 0 Å². The predicted octanol–water partition coefficient (Wildman–Crippen LogP) is 14.5. The number of hydrogen-bond acceptors (Lipinski definition) is 10. The smallest absolute Gasteiger partial charge is 0.146 e. The minimum Gasteiger partial charge on any atom is -0.370 e. The Balaban J connectivity index is 0.000000140. The second kappa shape index (κ2) is 30.5. The van der Waals surface area contributed by atoms with Crippen molar-refractivity contribution in [1.82, 2.24) is 29.6 Å². The highest BCUT2D eigenvalue weighted by Gasteiger charge is 2.30. The van der Waals surface area contributed by atoms with E-state index >= 15 is 0 Å². The summed E-state index contributed by atoms with van der Waals surface area (Å²) < 4.78 is 14.3. The summed E-state index contributed by atoms with van der Waals surface area (Å²) in [6.07, 6.45) is 22.3. The lowest BCUT2D eigenvalue weighted by molar-refractivity contribution is 0.207. The van der Waals surface area contributed by atoms with Crippen LogP contribution in [0.3, 0.4) is 0 Å². The number of anilines is 4. The first-order valence-electron chi connectivity index (χ1n) is 32.0. The van der Waals surface area contributed by atoms with Crippen molar-refractivity contribution < 1.29 is 4.39 Å². The molecule has 7 aliphatic heterocycles. The van der Waals surface area contributed by atoms with Gasteiger partial charge in [-0.05, 0) is 226 Å². The Morgan fingerprint density at radius 1 is 0.412 bits per heavy atom. The van der Waals surface area contributed by atoms with Crippen LogP contribution in [0.5, 0.6) is 0 Å². The number of halogens is 2. The van der Waals surface area contributed by atoms with Gasteiger partial charge in [0, 0.05) is 88.9 Å². The molecule has 7 fully saturated rings. The van der Waals surface area contributed by atoms with Crippen LogP contribution in [0.15, 0.2) is 73.1 Å². The second-order valence-electron chi connectivity index (χ2n) is 26.0. The Morgan fingerprint density at radius 3 is 1.06 bits per heavy atom. The fourth-order valence-corrected chi connectivity index (χ4v) is 13.8. The molecule has 0 bridgehead atoms. The molecule has 11 rings (SSSR count). The Hall–Kier alpha value is -4.00. The van der Waals surface area contributed by atoms with Crippen molar-refractivity contribution in [3.8, 4) is 0 Å². The number of rotatable bonds is 12. The van der Waals surface area contributed by atoms with E-state index in [4.69, 9.17) is 11.6 Å². The summed E-state index contributed by atoms with van der Waals surface area (Å²) in [5, 5.41) is 0.917. The van der Waals surface area contributed by atoms with Gasteiger partial charge in [-0.25, -0.2) is 14.4 Å². The zero-order valence-electron chi connectivity index (χ0n) is 51.6. The fraction of sp³-hybridized carbons (Fsp3) is 0.676. The van der Waals surface area contributed by atoms with E-state index in [1.165, 1.54) is 152 Å². The van der Waals surface area contributed by atoms with Crippen LogP contribution in [0.2, 0.25) is 5.02 Å². The Kier molecular flexibility index (Phi) is 23.7. The first-order chi connectivity index (χ1) is 38.6. The lowest BCUT2D eigenvalue weighted by Gasteiger charge is -2.38. The van der Waals surface area contributed by atoms with Crippen molar-refractivity contribution in [3.05, 3.63) is 106 Å². The zero-order chi connectivity index (χ0) is 56.7. The van der Waals surface area contributed by atoms with Crippen molar-refractivity contribution in [1.29, 1.82) is 0 Å². The molecule has 7 aliphatic rings. The summed E-state index contributed by atoms with van der Waals surface area (Å²) in [6, 6.07) is 24.3. The molecule has 0 N–H and O–H groups in total. The molecule has 0 amide bonds. The van der Waals surface area contributed by atoms with Crippen molar-refractivity contribution in [2.75, 3.05) is 125 Å². The standard InChI is InChI=1S/C18H27ClN2.C18H27FN2.C17H27N3.C15H25N3/c2*1-14(2)15-5-6-18(17(19)13-15)21-11-7-16(8-12-21)20-9-3-4-10-20;1-14(2)15-5-6-17(18-13-15)20-11-7-16(8-12-20)19-9-3-4-10-19;1-12(2)13-5-6-15(16-11-13)18-9-7-14(8-10-18)17(3)4/h2*5-6,13-14,16H,3-4,7-12H2,1-2H3;5-6,13-14,16H,3-4,7-12H2,1-2H3;5-6,11-12,14H,7-10H2,1-4H3. The number of piperidine rings is 4. The molecule has 0 radical (unpaired) electrons. The SMILES string of the molecule is CC(C)c1ccc(N2CCC(N(C)C)CC2)nc1.CC(C)c1ccc(N2CCC(N3CCCC3)CC2)c(Cl)c1.CC(C)c1ccc(N2CCC(N3CCCC3)CC2)c(F)c1.CC(C)c1ccc(N2CCC(N3CCCC3)CC2)nc1. The number of pyridine rings is 2. The van der Waals surface area contributed by atoms with Gasteiger partial charge in [-0.3, -0.25) is 0 Å². The zero-order valence-corrected chi connectivity index (χ0v) is 52.3. The molecule has 2 aromatic carbocycles. The lowest BCUT2D eigenvalue weighted by Crippen LogP contribution is -2.44. The summed E-state index contributed by atoms with van der Waals surface area (Å²) in [6.45, 7) is 34.1. The van der Waals surface area contributed by atoms with Crippen molar-refractivity contribution >= 4 is 34.6 Å². The molecule has 2 aromatic heterocycles. The van der Waals surface area contributed by atoms with Gasteiger partial charge in [0.15, 0.2) is 0 Å². The number of aromatic nitrogens is 2. The molecule has 0 spiro atoms. The Bertz CT molecular complexity index is 2310. The summed E-state index contributed by atoms with van der Waals surface area (Å²) in [4.78, 5) is 29.2. The number of benzene rings is 2. The van der Waals surface area contributed by atoms with Gasteiger partial charge in [0.2, 0.25) is 0 Å². The maximum atomic E-state index is 14.3. The van der Waals surface area contributed by atoms with Crippen LogP contribution < -0.4 is 19.6 Å². The van der Waals surface area contributed by atoms with E-state index in [0.29, 0.717) is 23.7 Å². The number of hydrogen-bond donors (Lipinski definition) is 0. The molecule has 442 valence electrons. The Labute approximate surface area is 490 Å². The van der Waals surface area contributed by atoms with E-state index in [0.717, 1.165) is 104 Å². The second-order valence-corrected chi connectivity index (χ2v) is 26.4. The van der Waals surface area contributed by atoms with E-state index in [-0.39, 0.29) is 5.82 Å². The summed E-state index contributed by atoms with van der Waals surface area (Å²) >= 11 is 6.52. The van der Waals surface area contributed by atoms with Crippen molar-refractivity contribution in [3.63, 3.8) is 0 Å². The van der Waals surface area contributed by atoms with E-state index in [2.05, 4.69) is 167 Å². The molecule has 0 unspecified atom stereocenters. The Morgan fingerprint density at radius 2 is 0.738 bits per heavy atom. The van der Waals surface area contributed by atoms with Gasteiger partial charge in [0.25, 0.3) is 0 Å². The van der Waals surface area contributed by atoms with E-state index in [1.54, 1.807) is 6.07 Å². The summed E-state index contributed by atoms with van der Waals surface area (Å²) in [7, 11) is 4.35. The van der Waals surface area contributed by atoms with Gasteiger partial charge in [-0.15, -0.1) is 0 Å². The minimum absolute atomic E-state index is 0.0548. The first kappa shape index (κ1) is 62.1. The molecule has 0 saturated carbocycles. The minimum atomic E-state index is -0.0548. The van der Waals surface area contributed by atoms with Gasteiger partial charge < -0.3 is 39.2 Å². The normalized spacial score (nSPS) is 20.7. The summed E-state index contributed by atoms with van der Waals surface area (Å²) in [5.41, 5.74) is 7.08. The average Bonchev–Trinajstić information content (AvgIpc) is 4.34. The number of likely N-dealkylation sites (tertiary alicyclic amines) is 3. The highest BCUT2D eigenvalue weighted by Crippen LogP contribution is 2.34.